The van der Waals surface area contributed by atoms with Gasteiger partial charge in [-0.2, -0.15) is 0 Å². The van der Waals surface area contributed by atoms with Gasteiger partial charge in [-0.25, -0.2) is 4.98 Å². The molecule has 0 fully saturated rings. The average Bonchev–Trinajstić information content (AvgIpc) is 2.93. The molecule has 0 radical (unpaired) electrons. The highest BCUT2D eigenvalue weighted by molar-refractivity contribution is 9.10. The van der Waals surface area contributed by atoms with Gasteiger partial charge in [0, 0.05) is 16.6 Å². The van der Waals surface area contributed by atoms with Crippen molar-refractivity contribution in [2.75, 3.05) is 0 Å². The molecule has 1 aromatic heterocycles. The zero-order valence-corrected chi connectivity index (χ0v) is 15.0. The van der Waals surface area contributed by atoms with Crippen LogP contribution in [0.4, 0.5) is 0 Å². The van der Waals surface area contributed by atoms with Gasteiger partial charge in [0.05, 0.1) is 11.0 Å². The van der Waals surface area contributed by atoms with E-state index in [-0.39, 0.29) is 0 Å². The fraction of sp³-hybridized carbons (Fsp3) is 0.0952. The first kappa shape index (κ1) is 15.2. The Morgan fingerprint density at radius 2 is 1.79 bits per heavy atom. The zero-order chi connectivity index (χ0) is 16.7. The van der Waals surface area contributed by atoms with Gasteiger partial charge < -0.3 is 4.57 Å². The summed E-state index contributed by atoms with van der Waals surface area (Å²) in [6.45, 7) is 6.89. The quantitative estimate of drug-likeness (QED) is 0.389. The van der Waals surface area contributed by atoms with E-state index >= 15 is 0 Å². The van der Waals surface area contributed by atoms with E-state index in [4.69, 9.17) is 4.98 Å². The number of benzene rings is 3. The van der Waals surface area contributed by atoms with Crippen molar-refractivity contribution in [3.63, 3.8) is 0 Å². The second kappa shape index (κ2) is 5.91. The SMILES string of the molecule is C=C(C)Cn1c(-c2ccc3ccccc3c2Br)nc2ccccc21. The summed E-state index contributed by atoms with van der Waals surface area (Å²) in [4.78, 5) is 4.90. The number of hydrogen-bond donors (Lipinski definition) is 0. The molecular formula is C21H17BrN2. The summed E-state index contributed by atoms with van der Waals surface area (Å²) >= 11 is 3.80. The standard InChI is InChI=1S/C21H17BrN2/c1-14(2)13-24-19-10-6-5-9-18(19)23-21(24)17-12-11-15-7-3-4-8-16(15)20(17)22/h3-12H,1,13H2,2H3. The van der Waals surface area contributed by atoms with Crippen LogP contribution in [0.25, 0.3) is 33.2 Å². The van der Waals surface area contributed by atoms with E-state index < -0.39 is 0 Å². The first-order valence-electron chi connectivity index (χ1n) is 7.92. The van der Waals surface area contributed by atoms with Gasteiger partial charge in [0.15, 0.2) is 0 Å². The molecular weight excluding hydrogens is 360 g/mol. The van der Waals surface area contributed by atoms with Crippen molar-refractivity contribution in [3.05, 3.63) is 77.3 Å². The van der Waals surface area contributed by atoms with Crippen LogP contribution in [0.3, 0.4) is 0 Å². The van der Waals surface area contributed by atoms with Crippen molar-refractivity contribution in [1.29, 1.82) is 0 Å². The molecule has 0 saturated heterocycles. The van der Waals surface area contributed by atoms with Gasteiger partial charge in [0.2, 0.25) is 0 Å². The molecule has 0 atom stereocenters. The van der Waals surface area contributed by atoms with Crippen LogP contribution in [-0.4, -0.2) is 9.55 Å². The highest BCUT2D eigenvalue weighted by Gasteiger charge is 2.16. The van der Waals surface area contributed by atoms with E-state index in [9.17, 15) is 0 Å². The second-order valence-electron chi connectivity index (χ2n) is 6.12. The predicted molar refractivity (Wildman–Crippen MR) is 105 cm³/mol. The van der Waals surface area contributed by atoms with Crippen LogP contribution in [0, 0.1) is 0 Å². The Morgan fingerprint density at radius 3 is 2.62 bits per heavy atom. The van der Waals surface area contributed by atoms with Crippen LogP contribution in [0.1, 0.15) is 6.92 Å². The predicted octanol–water partition coefficient (Wildman–Crippen LogP) is 6.20. The Bertz CT molecular complexity index is 1080. The van der Waals surface area contributed by atoms with Gasteiger partial charge in [0.25, 0.3) is 0 Å². The number of allylic oxidation sites excluding steroid dienone is 1. The highest BCUT2D eigenvalue weighted by Crippen LogP contribution is 2.35. The minimum absolute atomic E-state index is 0.759. The number of halogens is 1. The molecule has 0 N–H and O–H groups in total. The molecule has 0 aliphatic carbocycles. The number of rotatable bonds is 3. The molecule has 0 aliphatic heterocycles. The lowest BCUT2D eigenvalue weighted by Gasteiger charge is -2.12. The monoisotopic (exact) mass is 376 g/mol. The smallest absolute Gasteiger partial charge is 0.142 e. The number of aromatic nitrogens is 2. The van der Waals surface area contributed by atoms with E-state index in [0.29, 0.717) is 0 Å². The maximum atomic E-state index is 4.90. The van der Waals surface area contributed by atoms with Crippen molar-refractivity contribution in [2.24, 2.45) is 0 Å². The summed E-state index contributed by atoms with van der Waals surface area (Å²) in [6, 6.07) is 20.9. The lowest BCUT2D eigenvalue weighted by atomic mass is 10.1. The van der Waals surface area contributed by atoms with Crippen LogP contribution in [0.15, 0.2) is 77.3 Å². The summed E-state index contributed by atoms with van der Waals surface area (Å²) in [7, 11) is 0. The first-order chi connectivity index (χ1) is 11.6. The molecule has 4 aromatic rings. The van der Waals surface area contributed by atoms with Gasteiger partial charge in [-0.3, -0.25) is 0 Å². The molecule has 3 aromatic carbocycles. The fourth-order valence-electron chi connectivity index (χ4n) is 3.12. The lowest BCUT2D eigenvalue weighted by molar-refractivity contribution is 0.820. The largest absolute Gasteiger partial charge is 0.320 e. The number of imidazole rings is 1. The fourth-order valence-corrected chi connectivity index (χ4v) is 3.79. The van der Waals surface area contributed by atoms with Crippen LogP contribution in [0.2, 0.25) is 0 Å². The normalized spacial score (nSPS) is 11.2. The maximum absolute atomic E-state index is 4.90. The number of nitrogens with zero attached hydrogens (tertiary/aromatic N) is 2. The molecule has 0 aliphatic rings. The highest BCUT2D eigenvalue weighted by atomic mass is 79.9. The molecule has 0 spiro atoms. The van der Waals surface area contributed by atoms with E-state index in [2.05, 4.69) is 81.7 Å². The molecule has 118 valence electrons. The third kappa shape index (κ3) is 2.45. The van der Waals surface area contributed by atoms with Crippen molar-refractivity contribution in [1.82, 2.24) is 9.55 Å². The van der Waals surface area contributed by atoms with Crippen LogP contribution in [0.5, 0.6) is 0 Å². The molecule has 3 heteroatoms. The molecule has 24 heavy (non-hydrogen) atoms. The third-order valence-corrected chi connectivity index (χ3v) is 5.04. The summed E-state index contributed by atoms with van der Waals surface area (Å²) in [5.74, 6) is 0.969. The summed E-state index contributed by atoms with van der Waals surface area (Å²) in [5, 5.41) is 2.42. The van der Waals surface area contributed by atoms with Gasteiger partial charge >= 0.3 is 0 Å². The Labute approximate surface area is 149 Å². The number of fused-ring (bicyclic) bond motifs is 2. The van der Waals surface area contributed by atoms with Gasteiger partial charge in [0.1, 0.15) is 5.82 Å². The van der Waals surface area contributed by atoms with Crippen molar-refractivity contribution in [2.45, 2.75) is 13.5 Å². The van der Waals surface area contributed by atoms with E-state index in [0.717, 1.165) is 39.0 Å². The molecule has 0 saturated carbocycles. The van der Waals surface area contributed by atoms with E-state index in [1.165, 1.54) is 10.8 Å². The van der Waals surface area contributed by atoms with E-state index in [1.807, 2.05) is 13.0 Å². The van der Waals surface area contributed by atoms with Crippen LogP contribution in [-0.2, 0) is 6.54 Å². The molecule has 1 heterocycles. The van der Waals surface area contributed by atoms with Gasteiger partial charge in [-0.1, -0.05) is 54.6 Å². The van der Waals surface area contributed by atoms with Gasteiger partial charge in [-0.05, 0) is 51.8 Å². The first-order valence-corrected chi connectivity index (χ1v) is 8.72. The number of para-hydroxylation sites is 2. The zero-order valence-electron chi connectivity index (χ0n) is 13.5. The Hall–Kier alpha value is -2.39. The summed E-state index contributed by atoms with van der Waals surface area (Å²) < 4.78 is 3.32. The summed E-state index contributed by atoms with van der Waals surface area (Å²) in [6.07, 6.45) is 0. The lowest BCUT2D eigenvalue weighted by Crippen LogP contribution is -2.01. The third-order valence-electron chi connectivity index (χ3n) is 4.19. The number of hydrogen-bond acceptors (Lipinski definition) is 1. The second-order valence-corrected chi connectivity index (χ2v) is 6.91. The van der Waals surface area contributed by atoms with Crippen LogP contribution < -0.4 is 0 Å². The van der Waals surface area contributed by atoms with E-state index in [1.54, 1.807) is 0 Å². The van der Waals surface area contributed by atoms with Crippen molar-refractivity contribution < 1.29 is 0 Å². The Balaban J connectivity index is 2.02. The minimum atomic E-state index is 0.759. The maximum Gasteiger partial charge on any atom is 0.142 e. The molecule has 0 bridgehead atoms. The molecule has 4 rings (SSSR count). The summed E-state index contributed by atoms with van der Waals surface area (Å²) in [5.41, 5.74) is 4.35. The Kier molecular flexibility index (Phi) is 3.73. The minimum Gasteiger partial charge on any atom is -0.320 e. The Morgan fingerprint density at radius 1 is 1.04 bits per heavy atom. The molecule has 2 nitrogen and oxygen atoms in total. The molecule has 0 unspecified atom stereocenters. The average molecular weight is 377 g/mol. The van der Waals surface area contributed by atoms with Crippen molar-refractivity contribution in [3.8, 4) is 11.4 Å². The van der Waals surface area contributed by atoms with Crippen LogP contribution >= 0.6 is 15.9 Å². The molecule has 0 amide bonds. The topological polar surface area (TPSA) is 17.8 Å². The van der Waals surface area contributed by atoms with Crippen molar-refractivity contribution >= 4 is 37.7 Å². The van der Waals surface area contributed by atoms with Gasteiger partial charge in [-0.15, -0.1) is 0 Å².